The van der Waals surface area contributed by atoms with Crippen molar-refractivity contribution in [2.45, 2.75) is 38.1 Å². The fraction of sp³-hybridized carbons (Fsp3) is 0.636. The van der Waals surface area contributed by atoms with E-state index in [1.165, 1.54) is 25.7 Å². The molecule has 14 heavy (non-hydrogen) atoms. The maximum absolute atomic E-state index is 9.05. The van der Waals surface area contributed by atoms with Crippen LogP contribution in [-0.4, -0.2) is 9.78 Å². The van der Waals surface area contributed by atoms with Crippen LogP contribution in [0.3, 0.4) is 0 Å². The molecular weight excluding hydrogens is 174 g/mol. The van der Waals surface area contributed by atoms with Crippen LogP contribution in [0.4, 0.5) is 0 Å². The van der Waals surface area contributed by atoms with Crippen LogP contribution in [-0.2, 0) is 0 Å². The molecule has 3 heteroatoms. The van der Waals surface area contributed by atoms with Gasteiger partial charge in [0.2, 0.25) is 0 Å². The van der Waals surface area contributed by atoms with Crippen molar-refractivity contribution in [2.75, 3.05) is 0 Å². The van der Waals surface area contributed by atoms with Crippen LogP contribution in [0.25, 0.3) is 0 Å². The molecule has 1 aliphatic rings. The summed E-state index contributed by atoms with van der Waals surface area (Å²) in [6.07, 6.45) is 9.84. The second-order valence-electron chi connectivity index (χ2n) is 4.02. The van der Waals surface area contributed by atoms with E-state index in [1.54, 1.807) is 10.9 Å². The van der Waals surface area contributed by atoms with Crippen molar-refractivity contribution < 1.29 is 0 Å². The summed E-state index contributed by atoms with van der Waals surface area (Å²) in [7, 11) is 0. The summed E-state index contributed by atoms with van der Waals surface area (Å²) in [5, 5.41) is 13.2. The normalized spacial score (nSPS) is 19.4. The van der Waals surface area contributed by atoms with E-state index in [4.69, 9.17) is 5.26 Å². The largest absolute Gasteiger partial charge is 0.255 e. The quantitative estimate of drug-likeness (QED) is 0.733. The molecular formula is C11H15N3. The highest BCUT2D eigenvalue weighted by atomic mass is 15.3. The molecule has 3 nitrogen and oxygen atoms in total. The molecule has 1 unspecified atom stereocenters. The van der Waals surface area contributed by atoms with Gasteiger partial charge in [0.15, 0.2) is 0 Å². The van der Waals surface area contributed by atoms with Crippen molar-refractivity contribution in [3.05, 3.63) is 18.5 Å². The molecule has 1 fully saturated rings. The van der Waals surface area contributed by atoms with E-state index >= 15 is 0 Å². The first-order chi connectivity index (χ1) is 6.90. The average molecular weight is 189 g/mol. The van der Waals surface area contributed by atoms with Gasteiger partial charge in [-0.15, -0.1) is 0 Å². The Bertz CT molecular complexity index is 304. The third kappa shape index (κ3) is 1.95. The van der Waals surface area contributed by atoms with Crippen molar-refractivity contribution >= 4 is 0 Å². The minimum Gasteiger partial charge on any atom is -0.255 e. The van der Waals surface area contributed by atoms with Crippen LogP contribution in [0.5, 0.6) is 0 Å². The van der Waals surface area contributed by atoms with Gasteiger partial charge in [-0.05, 0) is 18.4 Å². The molecule has 0 spiro atoms. The molecule has 0 aromatic carbocycles. The van der Waals surface area contributed by atoms with E-state index in [0.29, 0.717) is 0 Å². The molecule has 0 aliphatic heterocycles. The fourth-order valence-corrected chi connectivity index (χ4v) is 2.25. The summed E-state index contributed by atoms with van der Waals surface area (Å²) in [4.78, 5) is 0. The van der Waals surface area contributed by atoms with E-state index < -0.39 is 0 Å². The van der Waals surface area contributed by atoms with Gasteiger partial charge in [-0.3, -0.25) is 4.68 Å². The number of hydrogen-bond acceptors (Lipinski definition) is 2. The maximum atomic E-state index is 9.05. The highest BCUT2D eigenvalue weighted by molar-refractivity contribution is 4.93. The van der Waals surface area contributed by atoms with E-state index in [0.717, 1.165) is 12.3 Å². The maximum Gasteiger partial charge on any atom is 0.138 e. The van der Waals surface area contributed by atoms with Crippen molar-refractivity contribution in [2.24, 2.45) is 5.92 Å². The van der Waals surface area contributed by atoms with Gasteiger partial charge in [0, 0.05) is 12.4 Å². The van der Waals surface area contributed by atoms with Gasteiger partial charge in [-0.25, -0.2) is 0 Å². The first-order valence-electron chi connectivity index (χ1n) is 5.29. The Morgan fingerprint density at radius 1 is 1.50 bits per heavy atom. The zero-order valence-electron chi connectivity index (χ0n) is 8.26. The highest BCUT2D eigenvalue weighted by Gasteiger charge is 2.20. The van der Waals surface area contributed by atoms with Crippen LogP contribution in [0, 0.1) is 17.2 Å². The van der Waals surface area contributed by atoms with Crippen LogP contribution in [0.15, 0.2) is 18.5 Å². The Hall–Kier alpha value is -1.30. The minimum atomic E-state index is -0.0619. The molecule has 0 N–H and O–H groups in total. The lowest BCUT2D eigenvalue weighted by Gasteiger charge is -2.14. The lowest BCUT2D eigenvalue weighted by molar-refractivity contribution is 0.402. The smallest absolute Gasteiger partial charge is 0.138 e. The fourth-order valence-electron chi connectivity index (χ4n) is 2.25. The summed E-state index contributed by atoms with van der Waals surface area (Å²) in [5.74, 6) is 0.740. The molecule has 1 aromatic heterocycles. The van der Waals surface area contributed by atoms with Gasteiger partial charge in [0.25, 0.3) is 0 Å². The topological polar surface area (TPSA) is 41.6 Å². The average Bonchev–Trinajstić information content (AvgIpc) is 2.86. The zero-order chi connectivity index (χ0) is 9.80. The predicted molar refractivity (Wildman–Crippen MR) is 53.5 cm³/mol. The third-order valence-corrected chi connectivity index (χ3v) is 3.02. The summed E-state index contributed by atoms with van der Waals surface area (Å²) < 4.78 is 1.78. The molecule has 0 saturated heterocycles. The second kappa shape index (κ2) is 4.28. The monoisotopic (exact) mass is 189 g/mol. The van der Waals surface area contributed by atoms with Crippen LogP contribution in [0.2, 0.25) is 0 Å². The Morgan fingerprint density at radius 3 is 2.86 bits per heavy atom. The molecule has 0 amide bonds. The Labute approximate surface area is 84.3 Å². The molecule has 1 saturated carbocycles. The van der Waals surface area contributed by atoms with Gasteiger partial charge in [0.05, 0.1) is 6.07 Å². The van der Waals surface area contributed by atoms with E-state index in [-0.39, 0.29) is 6.04 Å². The van der Waals surface area contributed by atoms with Crippen molar-refractivity contribution in [3.63, 3.8) is 0 Å². The summed E-state index contributed by atoms with van der Waals surface area (Å²) >= 11 is 0. The molecule has 0 bridgehead atoms. The highest BCUT2D eigenvalue weighted by Crippen LogP contribution is 2.31. The molecule has 1 atom stereocenters. The van der Waals surface area contributed by atoms with Crippen molar-refractivity contribution in [1.29, 1.82) is 5.26 Å². The molecule has 0 radical (unpaired) electrons. The minimum absolute atomic E-state index is 0.0619. The molecule has 1 heterocycles. The standard InChI is InChI=1S/C11H15N3/c12-9-11(14-7-3-6-13-14)8-10-4-1-2-5-10/h3,6-7,10-11H,1-2,4-5,8H2. The van der Waals surface area contributed by atoms with Gasteiger partial charge >= 0.3 is 0 Å². The number of aromatic nitrogens is 2. The van der Waals surface area contributed by atoms with Crippen molar-refractivity contribution in [3.8, 4) is 6.07 Å². The molecule has 1 aromatic rings. The van der Waals surface area contributed by atoms with E-state index in [9.17, 15) is 0 Å². The lowest BCUT2D eigenvalue weighted by atomic mass is 9.99. The van der Waals surface area contributed by atoms with Gasteiger partial charge in [-0.1, -0.05) is 25.7 Å². The summed E-state index contributed by atoms with van der Waals surface area (Å²) in [6.45, 7) is 0. The SMILES string of the molecule is N#CC(CC1CCCC1)n1cccn1. The van der Waals surface area contributed by atoms with E-state index in [2.05, 4.69) is 11.2 Å². The number of nitrogens with zero attached hydrogens (tertiary/aromatic N) is 3. The number of nitriles is 1. The van der Waals surface area contributed by atoms with E-state index in [1.807, 2.05) is 12.3 Å². The Balaban J connectivity index is 1.97. The number of hydrogen-bond donors (Lipinski definition) is 0. The number of rotatable bonds is 3. The van der Waals surface area contributed by atoms with Crippen LogP contribution < -0.4 is 0 Å². The van der Waals surface area contributed by atoms with Gasteiger partial charge in [-0.2, -0.15) is 10.4 Å². The van der Waals surface area contributed by atoms with Crippen molar-refractivity contribution in [1.82, 2.24) is 9.78 Å². The van der Waals surface area contributed by atoms with Gasteiger partial charge < -0.3 is 0 Å². The molecule has 2 rings (SSSR count). The summed E-state index contributed by atoms with van der Waals surface area (Å²) in [5.41, 5.74) is 0. The molecule has 74 valence electrons. The van der Waals surface area contributed by atoms with Crippen LogP contribution in [0.1, 0.15) is 38.1 Å². The molecule has 1 aliphatic carbocycles. The first-order valence-corrected chi connectivity index (χ1v) is 5.29. The Kier molecular flexibility index (Phi) is 2.83. The lowest BCUT2D eigenvalue weighted by Crippen LogP contribution is -2.11. The second-order valence-corrected chi connectivity index (χ2v) is 4.02. The first kappa shape index (κ1) is 9.26. The summed E-state index contributed by atoms with van der Waals surface area (Å²) in [6, 6.07) is 4.14. The predicted octanol–water partition coefficient (Wildman–Crippen LogP) is 2.53. The zero-order valence-corrected chi connectivity index (χ0v) is 8.26. The Morgan fingerprint density at radius 2 is 2.29 bits per heavy atom. The van der Waals surface area contributed by atoms with Gasteiger partial charge in [0.1, 0.15) is 6.04 Å². The van der Waals surface area contributed by atoms with Crippen LogP contribution >= 0.6 is 0 Å². The third-order valence-electron chi connectivity index (χ3n) is 3.02.